The normalized spacial score (nSPS) is 31.0. The zero-order valence-electron chi connectivity index (χ0n) is 22.0. The number of aliphatic hydroxyl groups excluding tert-OH is 1. The van der Waals surface area contributed by atoms with Crippen molar-refractivity contribution in [2.45, 2.75) is 83.8 Å². The second kappa shape index (κ2) is 9.94. The first kappa shape index (κ1) is 24.9. The fourth-order valence-corrected chi connectivity index (χ4v) is 7.43. The number of benzene rings is 1. The number of aliphatic hydroxyl groups is 1. The number of hydrogen-bond donors (Lipinski definition) is 3. The molecule has 5 rings (SSSR count). The van der Waals surface area contributed by atoms with Gasteiger partial charge in [-0.05, 0) is 105 Å². The summed E-state index contributed by atoms with van der Waals surface area (Å²) in [6.07, 6.45) is 8.34. The zero-order chi connectivity index (χ0) is 25.4. The van der Waals surface area contributed by atoms with E-state index in [2.05, 4.69) is 74.1 Å². The number of allylic oxidation sites excluding steroid dienone is 4. The first-order valence-corrected chi connectivity index (χ1v) is 13.7. The van der Waals surface area contributed by atoms with Crippen LogP contribution in [0, 0.1) is 29.1 Å². The van der Waals surface area contributed by atoms with Crippen LogP contribution in [0.1, 0.15) is 82.8 Å². The molecule has 0 bridgehead atoms. The van der Waals surface area contributed by atoms with Crippen LogP contribution in [0.15, 0.2) is 59.5 Å². The molecule has 4 heteroatoms. The average Bonchev–Trinajstić information content (AvgIpc) is 3.15. The lowest BCUT2D eigenvalue weighted by molar-refractivity contribution is -0.114. The minimum atomic E-state index is -0.223. The summed E-state index contributed by atoms with van der Waals surface area (Å²) in [5.74, 6) is 8.88. The molecule has 2 fully saturated rings. The summed E-state index contributed by atoms with van der Waals surface area (Å²) >= 11 is 0. The van der Waals surface area contributed by atoms with Gasteiger partial charge < -0.3 is 15.7 Å². The number of carbonyl (C=O) groups excluding carboxylic acids is 1. The molecule has 0 heterocycles. The number of ketones is 1. The maximum Gasteiger partial charge on any atom is 0.156 e. The molecular formula is C32H40N2O2. The van der Waals surface area contributed by atoms with Gasteiger partial charge in [0.15, 0.2) is 5.78 Å². The Morgan fingerprint density at radius 2 is 1.94 bits per heavy atom. The molecule has 4 aliphatic rings. The predicted octanol–water partition coefficient (Wildman–Crippen LogP) is 5.36. The summed E-state index contributed by atoms with van der Waals surface area (Å²) < 4.78 is 0. The molecule has 5 unspecified atom stereocenters. The van der Waals surface area contributed by atoms with E-state index in [4.69, 9.17) is 0 Å². The summed E-state index contributed by atoms with van der Waals surface area (Å²) in [6, 6.07) is 9.08. The van der Waals surface area contributed by atoms with Crippen LogP contribution < -0.4 is 10.6 Å². The van der Waals surface area contributed by atoms with E-state index in [1.165, 1.54) is 16.7 Å². The molecule has 0 spiro atoms. The second-order valence-electron chi connectivity index (χ2n) is 11.7. The van der Waals surface area contributed by atoms with Crippen LogP contribution in [0.25, 0.3) is 0 Å². The Bertz CT molecular complexity index is 1160. The predicted molar refractivity (Wildman–Crippen MR) is 145 cm³/mol. The lowest BCUT2D eigenvalue weighted by Crippen LogP contribution is -2.45. The molecule has 0 radical (unpaired) electrons. The summed E-state index contributed by atoms with van der Waals surface area (Å²) in [7, 11) is 0. The first-order valence-electron chi connectivity index (χ1n) is 13.7. The smallest absolute Gasteiger partial charge is 0.156 e. The number of fused-ring (bicyclic) bond motifs is 4. The molecule has 4 aliphatic carbocycles. The molecule has 0 saturated heterocycles. The number of nitrogens with one attached hydrogen (secondary N) is 2. The van der Waals surface area contributed by atoms with Crippen LogP contribution in [0.4, 0.5) is 0 Å². The van der Waals surface area contributed by atoms with Crippen molar-refractivity contribution in [3.05, 3.63) is 70.6 Å². The average molecular weight is 485 g/mol. The molecule has 0 aliphatic heterocycles. The third kappa shape index (κ3) is 4.66. The van der Waals surface area contributed by atoms with Crippen LogP contribution in [-0.2, 0) is 4.79 Å². The van der Waals surface area contributed by atoms with Crippen LogP contribution in [-0.4, -0.2) is 29.6 Å². The standard InChI is InChI=1S/C32H40N2O2/c1-20(2)34-21(3)33-17-5-6-22-7-9-23(10-8-22)28-19-32(4)29(15-16-30(32)36)27-13-11-24-18-25(35)12-14-26(24)31(27)28/h7-10,18,20,27-30,33-34,36H,3,11-17,19H2,1-2,4H3. The van der Waals surface area contributed by atoms with Crippen LogP contribution >= 0.6 is 0 Å². The fraction of sp³-hybridized carbons (Fsp3) is 0.531. The number of carbonyl (C=O) groups is 1. The topological polar surface area (TPSA) is 61.4 Å². The molecule has 2 saturated carbocycles. The van der Waals surface area contributed by atoms with E-state index >= 15 is 0 Å². The van der Waals surface area contributed by atoms with Crippen molar-refractivity contribution in [3.8, 4) is 11.8 Å². The first-order chi connectivity index (χ1) is 17.3. The van der Waals surface area contributed by atoms with Gasteiger partial charge in [-0.3, -0.25) is 4.79 Å². The van der Waals surface area contributed by atoms with Crippen molar-refractivity contribution in [2.24, 2.45) is 17.3 Å². The lowest BCUT2D eigenvalue weighted by Gasteiger charge is -2.52. The highest BCUT2D eigenvalue weighted by Gasteiger charge is 2.56. The monoisotopic (exact) mass is 484 g/mol. The Kier molecular flexibility index (Phi) is 6.88. The quantitative estimate of drug-likeness (QED) is 0.493. The number of rotatable bonds is 5. The van der Waals surface area contributed by atoms with Crippen LogP contribution in [0.2, 0.25) is 0 Å². The Labute approximate surface area is 216 Å². The van der Waals surface area contributed by atoms with Gasteiger partial charge in [-0.2, -0.15) is 0 Å². The molecule has 4 nitrogen and oxygen atoms in total. The van der Waals surface area contributed by atoms with Crippen molar-refractivity contribution < 1.29 is 9.90 Å². The molecule has 0 amide bonds. The van der Waals surface area contributed by atoms with Gasteiger partial charge in [0.05, 0.1) is 18.5 Å². The van der Waals surface area contributed by atoms with Crippen LogP contribution in [0.3, 0.4) is 0 Å². The summed E-state index contributed by atoms with van der Waals surface area (Å²) in [5, 5.41) is 17.5. The fourth-order valence-electron chi connectivity index (χ4n) is 7.43. The number of hydrogen-bond acceptors (Lipinski definition) is 4. The molecule has 190 valence electrons. The van der Waals surface area contributed by atoms with E-state index in [0.29, 0.717) is 36.8 Å². The highest BCUT2D eigenvalue weighted by Crippen LogP contribution is 2.63. The molecule has 5 atom stereocenters. The summed E-state index contributed by atoms with van der Waals surface area (Å²) in [4.78, 5) is 12.2. The maximum absolute atomic E-state index is 12.2. The molecule has 0 aromatic heterocycles. The van der Waals surface area contributed by atoms with Gasteiger partial charge in [-0.25, -0.2) is 0 Å². The SMILES string of the molecule is C=C(NCC#Cc1ccc(C2CC3(C)C(O)CCC3C3CCC4=CC(=O)CCC4=C23)cc1)NC(C)C. The van der Waals surface area contributed by atoms with Gasteiger partial charge in [-0.15, -0.1) is 0 Å². The highest BCUT2D eigenvalue weighted by molar-refractivity contribution is 5.93. The Hall–Kier alpha value is -2.77. The van der Waals surface area contributed by atoms with Crippen molar-refractivity contribution in [1.29, 1.82) is 0 Å². The van der Waals surface area contributed by atoms with E-state index in [1.54, 1.807) is 5.57 Å². The largest absolute Gasteiger partial charge is 0.393 e. The van der Waals surface area contributed by atoms with Gasteiger partial charge in [0, 0.05) is 23.9 Å². The van der Waals surface area contributed by atoms with E-state index in [1.807, 2.05) is 6.08 Å². The van der Waals surface area contributed by atoms with Crippen molar-refractivity contribution in [3.63, 3.8) is 0 Å². The molecule has 36 heavy (non-hydrogen) atoms. The van der Waals surface area contributed by atoms with Crippen molar-refractivity contribution in [2.75, 3.05) is 6.54 Å². The zero-order valence-corrected chi connectivity index (χ0v) is 22.0. The van der Waals surface area contributed by atoms with E-state index in [0.717, 1.165) is 49.9 Å². The lowest BCUT2D eigenvalue weighted by atomic mass is 9.53. The summed E-state index contributed by atoms with van der Waals surface area (Å²) in [6.45, 7) is 11.0. The second-order valence-corrected chi connectivity index (χ2v) is 11.7. The van der Waals surface area contributed by atoms with E-state index in [9.17, 15) is 9.90 Å². The van der Waals surface area contributed by atoms with Crippen LogP contribution in [0.5, 0.6) is 0 Å². The Balaban J connectivity index is 1.41. The summed E-state index contributed by atoms with van der Waals surface area (Å²) in [5.41, 5.74) is 6.61. The minimum Gasteiger partial charge on any atom is -0.393 e. The molecular weight excluding hydrogens is 444 g/mol. The van der Waals surface area contributed by atoms with Gasteiger partial charge in [-0.1, -0.05) is 43.0 Å². The van der Waals surface area contributed by atoms with Gasteiger partial charge >= 0.3 is 0 Å². The molecule has 1 aromatic carbocycles. The molecule has 3 N–H and O–H groups in total. The van der Waals surface area contributed by atoms with Crippen molar-refractivity contribution >= 4 is 5.78 Å². The third-order valence-corrected chi connectivity index (χ3v) is 9.08. The Morgan fingerprint density at radius 3 is 2.69 bits per heavy atom. The highest BCUT2D eigenvalue weighted by atomic mass is 16.3. The van der Waals surface area contributed by atoms with E-state index in [-0.39, 0.29) is 17.3 Å². The van der Waals surface area contributed by atoms with Gasteiger partial charge in [0.1, 0.15) is 0 Å². The maximum atomic E-state index is 12.2. The third-order valence-electron chi connectivity index (χ3n) is 9.08. The van der Waals surface area contributed by atoms with Crippen molar-refractivity contribution in [1.82, 2.24) is 10.6 Å². The minimum absolute atomic E-state index is 0.0400. The Morgan fingerprint density at radius 1 is 1.17 bits per heavy atom. The van der Waals surface area contributed by atoms with E-state index < -0.39 is 0 Å². The van der Waals surface area contributed by atoms with Gasteiger partial charge in [0.2, 0.25) is 0 Å². The molecule has 1 aromatic rings. The van der Waals surface area contributed by atoms with Gasteiger partial charge in [0.25, 0.3) is 0 Å².